The van der Waals surface area contributed by atoms with Crippen molar-refractivity contribution in [3.63, 3.8) is 0 Å². The number of carbonyl (C=O) groups is 1. The summed E-state index contributed by atoms with van der Waals surface area (Å²) in [6, 6.07) is 7.73. The van der Waals surface area contributed by atoms with Crippen molar-refractivity contribution in [3.8, 4) is 5.75 Å². The highest BCUT2D eigenvalue weighted by Crippen LogP contribution is 2.21. The van der Waals surface area contributed by atoms with Gasteiger partial charge in [-0.05, 0) is 12.5 Å². The number of aromatic carboxylic acids is 1. The Labute approximate surface area is 104 Å². The second-order valence-electron chi connectivity index (χ2n) is 3.99. The molecule has 1 aromatic heterocycles. The van der Waals surface area contributed by atoms with Crippen LogP contribution in [0.5, 0.6) is 5.75 Å². The van der Waals surface area contributed by atoms with Crippen LogP contribution in [-0.2, 0) is 6.42 Å². The van der Waals surface area contributed by atoms with Crippen LogP contribution in [-0.4, -0.2) is 26.2 Å². The molecule has 18 heavy (non-hydrogen) atoms. The SMILES string of the molecule is Cc1ccc(Cc2ncnc(C(=O)O)c2O)cc1. The molecule has 1 aromatic carbocycles. The number of rotatable bonds is 3. The van der Waals surface area contributed by atoms with Crippen LogP contribution in [0.1, 0.15) is 27.3 Å². The van der Waals surface area contributed by atoms with Crippen LogP contribution in [0.4, 0.5) is 0 Å². The fourth-order valence-electron chi connectivity index (χ4n) is 1.60. The minimum absolute atomic E-state index is 0.311. The van der Waals surface area contributed by atoms with Crippen molar-refractivity contribution >= 4 is 5.97 Å². The van der Waals surface area contributed by atoms with Gasteiger partial charge in [-0.15, -0.1) is 0 Å². The highest BCUT2D eigenvalue weighted by molar-refractivity contribution is 5.88. The predicted molar refractivity (Wildman–Crippen MR) is 64.6 cm³/mol. The molecule has 5 nitrogen and oxygen atoms in total. The molecule has 92 valence electrons. The quantitative estimate of drug-likeness (QED) is 0.859. The number of hydrogen-bond donors (Lipinski definition) is 2. The van der Waals surface area contributed by atoms with Crippen LogP contribution in [0.3, 0.4) is 0 Å². The van der Waals surface area contributed by atoms with E-state index in [1.165, 1.54) is 0 Å². The van der Waals surface area contributed by atoms with Crippen molar-refractivity contribution in [2.75, 3.05) is 0 Å². The maximum atomic E-state index is 10.8. The van der Waals surface area contributed by atoms with Crippen LogP contribution >= 0.6 is 0 Å². The average molecular weight is 244 g/mol. The predicted octanol–water partition coefficient (Wildman–Crippen LogP) is 1.78. The molecular formula is C13H12N2O3. The molecule has 0 saturated carbocycles. The second kappa shape index (κ2) is 4.83. The molecule has 0 spiro atoms. The lowest BCUT2D eigenvalue weighted by Crippen LogP contribution is -2.04. The minimum atomic E-state index is -1.26. The zero-order valence-corrected chi connectivity index (χ0v) is 9.79. The monoisotopic (exact) mass is 244 g/mol. The number of carboxylic acid groups (broad SMARTS) is 1. The first-order valence-corrected chi connectivity index (χ1v) is 5.39. The van der Waals surface area contributed by atoms with Crippen molar-refractivity contribution in [1.82, 2.24) is 9.97 Å². The molecule has 0 unspecified atom stereocenters. The van der Waals surface area contributed by atoms with Gasteiger partial charge in [-0.2, -0.15) is 0 Å². The Bertz CT molecular complexity index is 579. The van der Waals surface area contributed by atoms with E-state index < -0.39 is 5.97 Å². The summed E-state index contributed by atoms with van der Waals surface area (Å²) in [5.74, 6) is -1.63. The number of aromatic hydroxyl groups is 1. The Morgan fingerprint density at radius 1 is 1.22 bits per heavy atom. The van der Waals surface area contributed by atoms with Crippen LogP contribution in [0.25, 0.3) is 0 Å². The number of benzene rings is 1. The fourth-order valence-corrected chi connectivity index (χ4v) is 1.60. The van der Waals surface area contributed by atoms with E-state index in [1.807, 2.05) is 31.2 Å². The van der Waals surface area contributed by atoms with Gasteiger partial charge >= 0.3 is 5.97 Å². The smallest absolute Gasteiger partial charge is 0.358 e. The van der Waals surface area contributed by atoms with E-state index in [4.69, 9.17) is 5.11 Å². The first-order chi connectivity index (χ1) is 8.58. The summed E-state index contributed by atoms with van der Waals surface area (Å²) >= 11 is 0. The van der Waals surface area contributed by atoms with Gasteiger partial charge in [0.15, 0.2) is 11.4 Å². The van der Waals surface area contributed by atoms with Crippen molar-refractivity contribution in [2.45, 2.75) is 13.3 Å². The van der Waals surface area contributed by atoms with E-state index in [-0.39, 0.29) is 11.4 Å². The van der Waals surface area contributed by atoms with E-state index in [1.54, 1.807) is 0 Å². The average Bonchev–Trinajstić information content (AvgIpc) is 2.34. The summed E-state index contributed by atoms with van der Waals surface area (Å²) in [5.41, 5.74) is 2.03. The molecule has 0 atom stereocenters. The summed E-state index contributed by atoms with van der Waals surface area (Å²) in [5, 5.41) is 18.6. The highest BCUT2D eigenvalue weighted by Gasteiger charge is 2.16. The number of nitrogens with zero attached hydrogens (tertiary/aromatic N) is 2. The lowest BCUT2D eigenvalue weighted by atomic mass is 10.1. The third kappa shape index (κ3) is 2.45. The Hall–Kier alpha value is -2.43. The van der Waals surface area contributed by atoms with Crippen molar-refractivity contribution in [3.05, 3.63) is 53.1 Å². The first kappa shape index (κ1) is 12.0. The van der Waals surface area contributed by atoms with E-state index in [0.717, 1.165) is 17.5 Å². The number of aryl methyl sites for hydroxylation is 1. The molecule has 0 bridgehead atoms. The molecular weight excluding hydrogens is 232 g/mol. The summed E-state index contributed by atoms with van der Waals surface area (Å²) < 4.78 is 0. The molecule has 0 amide bonds. The summed E-state index contributed by atoms with van der Waals surface area (Å²) in [4.78, 5) is 18.3. The van der Waals surface area contributed by atoms with E-state index in [9.17, 15) is 9.90 Å². The van der Waals surface area contributed by atoms with Crippen LogP contribution in [0.15, 0.2) is 30.6 Å². The van der Waals surface area contributed by atoms with Crippen molar-refractivity contribution in [2.24, 2.45) is 0 Å². The lowest BCUT2D eigenvalue weighted by Gasteiger charge is -2.05. The zero-order chi connectivity index (χ0) is 13.1. The summed E-state index contributed by atoms with van der Waals surface area (Å²) in [7, 11) is 0. The van der Waals surface area contributed by atoms with E-state index in [0.29, 0.717) is 12.1 Å². The third-order valence-electron chi connectivity index (χ3n) is 2.59. The molecule has 0 radical (unpaired) electrons. The number of hydrogen-bond acceptors (Lipinski definition) is 4. The molecule has 0 aliphatic heterocycles. The molecule has 5 heteroatoms. The fraction of sp³-hybridized carbons (Fsp3) is 0.154. The van der Waals surface area contributed by atoms with Crippen LogP contribution in [0, 0.1) is 6.92 Å². The van der Waals surface area contributed by atoms with Gasteiger partial charge in [0.25, 0.3) is 0 Å². The van der Waals surface area contributed by atoms with Gasteiger partial charge in [-0.3, -0.25) is 0 Å². The number of carboxylic acids is 1. The molecule has 1 heterocycles. The van der Waals surface area contributed by atoms with Gasteiger partial charge in [-0.1, -0.05) is 29.8 Å². The molecule has 2 rings (SSSR count). The Balaban J connectivity index is 2.32. The van der Waals surface area contributed by atoms with Gasteiger partial charge in [0.05, 0.1) is 5.69 Å². The maximum Gasteiger partial charge on any atom is 0.358 e. The molecule has 0 aliphatic rings. The molecule has 0 fully saturated rings. The molecule has 0 aliphatic carbocycles. The minimum Gasteiger partial charge on any atom is -0.504 e. The Kier molecular flexibility index (Phi) is 3.23. The van der Waals surface area contributed by atoms with Crippen molar-refractivity contribution < 1.29 is 15.0 Å². The Morgan fingerprint density at radius 2 is 1.89 bits per heavy atom. The second-order valence-corrected chi connectivity index (χ2v) is 3.99. The van der Waals surface area contributed by atoms with Gasteiger partial charge < -0.3 is 10.2 Å². The molecule has 2 aromatic rings. The molecule has 2 N–H and O–H groups in total. The standard InChI is InChI=1S/C13H12N2O3/c1-8-2-4-9(5-3-8)6-10-12(16)11(13(17)18)15-7-14-10/h2-5,7,16H,6H2,1H3,(H,17,18). The van der Waals surface area contributed by atoms with Gasteiger partial charge in [0.1, 0.15) is 6.33 Å². The maximum absolute atomic E-state index is 10.8. The Morgan fingerprint density at radius 3 is 2.50 bits per heavy atom. The van der Waals surface area contributed by atoms with Gasteiger partial charge in [0, 0.05) is 6.42 Å². The normalized spacial score (nSPS) is 10.3. The largest absolute Gasteiger partial charge is 0.504 e. The van der Waals surface area contributed by atoms with Gasteiger partial charge in [0.2, 0.25) is 0 Å². The summed E-state index contributed by atoms with van der Waals surface area (Å²) in [6.07, 6.45) is 1.52. The molecule has 0 saturated heterocycles. The van der Waals surface area contributed by atoms with E-state index >= 15 is 0 Å². The van der Waals surface area contributed by atoms with Crippen molar-refractivity contribution in [1.29, 1.82) is 0 Å². The van der Waals surface area contributed by atoms with Crippen LogP contribution in [0.2, 0.25) is 0 Å². The summed E-state index contributed by atoms with van der Waals surface area (Å²) in [6.45, 7) is 1.98. The number of aromatic nitrogens is 2. The first-order valence-electron chi connectivity index (χ1n) is 5.39. The van der Waals surface area contributed by atoms with Crippen LogP contribution < -0.4 is 0 Å². The van der Waals surface area contributed by atoms with Gasteiger partial charge in [-0.25, -0.2) is 14.8 Å². The highest BCUT2D eigenvalue weighted by atomic mass is 16.4. The lowest BCUT2D eigenvalue weighted by molar-refractivity contribution is 0.0686. The zero-order valence-electron chi connectivity index (χ0n) is 9.79. The third-order valence-corrected chi connectivity index (χ3v) is 2.59. The van der Waals surface area contributed by atoms with E-state index in [2.05, 4.69) is 9.97 Å². The topological polar surface area (TPSA) is 83.3 Å².